The molecule has 2 heterocycles. The van der Waals surface area contributed by atoms with Crippen LogP contribution in [-0.4, -0.2) is 125 Å². The van der Waals surface area contributed by atoms with Gasteiger partial charge in [0.15, 0.2) is 0 Å². The summed E-state index contributed by atoms with van der Waals surface area (Å²) >= 11 is 0. The van der Waals surface area contributed by atoms with Crippen LogP contribution in [0.3, 0.4) is 0 Å². The summed E-state index contributed by atoms with van der Waals surface area (Å²) in [5, 5.41) is 6.93. The molecule has 5 aromatic carbocycles. The standard InChI is InChI=1S/C59H66N6O12/c1-39(2)34-50(56(69)74-35-43-28-30-44(73-5)31-29-43)60-53(66)51-26-16-32-62(57(70)75-36-41-18-8-6-9-19-41)64(51)54(67)40(3)61(4)55(68)52-27-17-33-63(58(71)76-37-42-20-10-7-11-21-42)65(52)59(72)77-38-49-47-24-14-12-22-45(47)46-23-13-15-25-48(46)49/h6-15,18-25,28-31,39-40,49-52H,16-17,26-27,32-38H2,1-5H3,(H,60,66)/t40-,50-,51+,52+/m0/s1. The lowest BCUT2D eigenvalue weighted by atomic mass is 9.98. The van der Waals surface area contributed by atoms with Gasteiger partial charge in [0.25, 0.3) is 5.91 Å². The minimum absolute atomic E-state index is 0.0112. The Hall–Kier alpha value is -8.41. The maximum absolute atomic E-state index is 15.2. The summed E-state index contributed by atoms with van der Waals surface area (Å²) in [6, 6.07) is 35.4. The third kappa shape index (κ3) is 13.0. The fourth-order valence-electron chi connectivity index (χ4n) is 9.95. The summed E-state index contributed by atoms with van der Waals surface area (Å²) in [6.07, 6.45) is -1.88. The van der Waals surface area contributed by atoms with Gasteiger partial charge in [-0.25, -0.2) is 39.2 Å². The highest BCUT2D eigenvalue weighted by Gasteiger charge is 2.48. The molecule has 1 N–H and O–H groups in total. The van der Waals surface area contributed by atoms with Gasteiger partial charge in [0.05, 0.1) is 7.11 Å². The molecule has 18 heteroatoms. The van der Waals surface area contributed by atoms with Gasteiger partial charge in [-0.05, 0) is 96.0 Å². The van der Waals surface area contributed by atoms with E-state index in [1.807, 2.05) is 74.5 Å². The number of carbonyl (C=O) groups is 7. The largest absolute Gasteiger partial charge is 0.497 e. The Bertz CT molecular complexity index is 2840. The zero-order valence-corrected chi connectivity index (χ0v) is 44.1. The zero-order valence-electron chi connectivity index (χ0n) is 44.1. The van der Waals surface area contributed by atoms with E-state index in [9.17, 15) is 24.0 Å². The molecule has 0 bridgehead atoms. The van der Waals surface area contributed by atoms with Crippen molar-refractivity contribution >= 4 is 42.0 Å². The van der Waals surface area contributed by atoms with Crippen molar-refractivity contribution < 1.29 is 57.2 Å². The van der Waals surface area contributed by atoms with Gasteiger partial charge >= 0.3 is 24.2 Å². The van der Waals surface area contributed by atoms with Gasteiger partial charge in [-0.2, -0.15) is 0 Å². The minimum Gasteiger partial charge on any atom is -0.497 e. The molecule has 4 atom stereocenters. The molecule has 18 nitrogen and oxygen atoms in total. The molecule has 0 radical (unpaired) electrons. The first kappa shape index (κ1) is 54.8. The Balaban J connectivity index is 1.04. The number of hydrogen-bond donors (Lipinski definition) is 1. The molecule has 8 rings (SSSR count). The smallest absolute Gasteiger partial charge is 0.429 e. The second kappa shape index (κ2) is 25.4. The molecule has 2 fully saturated rings. The SMILES string of the molecule is COc1ccc(COC(=O)[C@H](CC(C)C)NC(=O)[C@H]2CCCN(C(=O)OCc3ccccc3)N2C(=O)[C@H](C)N(C)C(=O)[C@H]2CCCN(C(=O)OCc3ccccc3)N2C(=O)OCC2c3ccccc3-c3ccccc32)cc1. The third-order valence-corrected chi connectivity index (χ3v) is 14.1. The van der Waals surface area contributed by atoms with Crippen LogP contribution in [-0.2, 0) is 57.9 Å². The van der Waals surface area contributed by atoms with Gasteiger partial charge in [-0.1, -0.05) is 135 Å². The van der Waals surface area contributed by atoms with Gasteiger partial charge in [0, 0.05) is 26.1 Å². The molecule has 3 aliphatic rings. The lowest BCUT2D eigenvalue weighted by molar-refractivity contribution is -0.171. The van der Waals surface area contributed by atoms with Gasteiger partial charge < -0.3 is 33.9 Å². The van der Waals surface area contributed by atoms with Crippen LogP contribution in [0.2, 0.25) is 0 Å². The number of carbonyl (C=O) groups excluding carboxylic acids is 7. The van der Waals surface area contributed by atoms with Crippen molar-refractivity contribution in [2.24, 2.45) is 5.92 Å². The molecule has 0 aromatic heterocycles. The fraction of sp³-hybridized carbons (Fsp3) is 0.373. The van der Waals surface area contributed by atoms with E-state index in [0.29, 0.717) is 22.4 Å². The highest BCUT2D eigenvalue weighted by Crippen LogP contribution is 2.44. The molecule has 2 saturated heterocycles. The Kier molecular flexibility index (Phi) is 18.1. The topological polar surface area (TPSA) is 194 Å². The van der Waals surface area contributed by atoms with E-state index >= 15 is 9.59 Å². The number of methoxy groups -OCH3 is 1. The third-order valence-electron chi connectivity index (χ3n) is 14.1. The summed E-state index contributed by atoms with van der Waals surface area (Å²) in [5.41, 5.74) is 6.02. The van der Waals surface area contributed by atoms with Gasteiger partial charge in [-0.3, -0.25) is 14.4 Å². The predicted octanol–water partition coefficient (Wildman–Crippen LogP) is 8.63. The van der Waals surface area contributed by atoms with Crippen molar-refractivity contribution in [1.82, 2.24) is 30.3 Å². The van der Waals surface area contributed by atoms with Crippen LogP contribution in [0.4, 0.5) is 14.4 Å². The van der Waals surface area contributed by atoms with Crippen molar-refractivity contribution in [3.05, 3.63) is 161 Å². The second-order valence-electron chi connectivity index (χ2n) is 19.7. The van der Waals surface area contributed by atoms with E-state index in [-0.39, 0.29) is 83.5 Å². The number of nitrogens with zero attached hydrogens (tertiary/aromatic N) is 5. The van der Waals surface area contributed by atoms with E-state index in [1.165, 1.54) is 14.0 Å². The molecule has 77 heavy (non-hydrogen) atoms. The zero-order chi connectivity index (χ0) is 54.6. The van der Waals surface area contributed by atoms with Crippen molar-refractivity contribution in [3.8, 4) is 16.9 Å². The lowest BCUT2D eigenvalue weighted by Gasteiger charge is -2.45. The number of benzene rings is 5. The predicted molar refractivity (Wildman–Crippen MR) is 283 cm³/mol. The Labute approximate surface area is 448 Å². The first-order valence-electron chi connectivity index (χ1n) is 26.0. The second-order valence-corrected chi connectivity index (χ2v) is 19.7. The van der Waals surface area contributed by atoms with Crippen molar-refractivity contribution in [1.29, 1.82) is 0 Å². The number of hydrogen-bond acceptors (Lipinski definition) is 12. The molecule has 2 aliphatic heterocycles. The van der Waals surface area contributed by atoms with Crippen molar-refractivity contribution in [2.75, 3.05) is 33.9 Å². The molecular formula is C59H66N6O12. The number of amides is 6. The monoisotopic (exact) mass is 1050 g/mol. The lowest BCUT2D eigenvalue weighted by Crippen LogP contribution is -2.67. The maximum atomic E-state index is 15.2. The molecule has 6 amide bonds. The minimum atomic E-state index is -1.38. The highest BCUT2D eigenvalue weighted by atomic mass is 16.6. The van der Waals surface area contributed by atoms with Crippen LogP contribution in [0.15, 0.2) is 133 Å². The molecule has 1 aliphatic carbocycles. The number of fused-ring (bicyclic) bond motifs is 3. The highest BCUT2D eigenvalue weighted by molar-refractivity contribution is 5.96. The van der Waals surface area contributed by atoms with E-state index in [0.717, 1.165) is 47.2 Å². The van der Waals surface area contributed by atoms with Crippen LogP contribution in [0.25, 0.3) is 11.1 Å². The molecule has 0 unspecified atom stereocenters. The fourth-order valence-corrected chi connectivity index (χ4v) is 9.95. The van der Waals surface area contributed by atoms with E-state index in [1.54, 1.807) is 79.9 Å². The van der Waals surface area contributed by atoms with E-state index < -0.39 is 66.1 Å². The first-order valence-corrected chi connectivity index (χ1v) is 26.0. The molecule has 0 saturated carbocycles. The van der Waals surface area contributed by atoms with E-state index in [4.69, 9.17) is 23.7 Å². The van der Waals surface area contributed by atoms with Crippen LogP contribution >= 0.6 is 0 Å². The molecule has 5 aromatic rings. The van der Waals surface area contributed by atoms with Crippen LogP contribution in [0, 0.1) is 5.92 Å². The summed E-state index contributed by atoms with van der Waals surface area (Å²) in [4.78, 5) is 103. The molecule has 404 valence electrons. The summed E-state index contributed by atoms with van der Waals surface area (Å²) in [6.45, 7) is 4.76. The van der Waals surface area contributed by atoms with Crippen LogP contribution in [0.1, 0.15) is 86.6 Å². The number of hydrazine groups is 2. The Morgan fingerprint density at radius 1 is 0.584 bits per heavy atom. The van der Waals surface area contributed by atoms with Gasteiger partial charge in [0.2, 0.25) is 11.8 Å². The van der Waals surface area contributed by atoms with Crippen LogP contribution in [0.5, 0.6) is 5.75 Å². The average Bonchev–Trinajstić information content (AvgIpc) is 3.80. The molecular weight excluding hydrogens is 985 g/mol. The van der Waals surface area contributed by atoms with Gasteiger partial charge in [0.1, 0.15) is 56.3 Å². The normalized spacial score (nSPS) is 16.8. The maximum Gasteiger partial charge on any atom is 0.429 e. The van der Waals surface area contributed by atoms with Crippen molar-refractivity contribution in [2.45, 2.75) is 103 Å². The van der Waals surface area contributed by atoms with Crippen molar-refractivity contribution in [3.63, 3.8) is 0 Å². The summed E-state index contributed by atoms with van der Waals surface area (Å²) in [5.74, 6) is -2.77. The Morgan fingerprint density at radius 2 is 1.08 bits per heavy atom. The summed E-state index contributed by atoms with van der Waals surface area (Å²) < 4.78 is 28.5. The average molecular weight is 1050 g/mol. The van der Waals surface area contributed by atoms with Gasteiger partial charge in [-0.15, -0.1) is 0 Å². The summed E-state index contributed by atoms with van der Waals surface area (Å²) in [7, 11) is 2.92. The first-order chi connectivity index (χ1) is 37.2. The van der Waals surface area contributed by atoms with E-state index in [2.05, 4.69) is 5.32 Å². The number of rotatable bonds is 17. The quantitative estimate of drug-likeness (QED) is 0.0689. The number of nitrogens with one attached hydrogen (secondary N) is 1. The number of esters is 1. The molecule has 0 spiro atoms. The number of likely N-dealkylation sites (N-methyl/N-ethyl adjacent to an activating group) is 1. The van der Waals surface area contributed by atoms with Crippen LogP contribution < -0.4 is 10.1 Å². The Morgan fingerprint density at radius 3 is 1.62 bits per heavy atom. The number of ether oxygens (including phenoxy) is 5.